The molecular formula is C27H26F3N3O2. The third-order valence-corrected chi connectivity index (χ3v) is 5.78. The summed E-state index contributed by atoms with van der Waals surface area (Å²) in [5.41, 5.74) is 7.98. The standard InChI is InChI=1S/C27H26F3N3O2/c1-17-24(33-25(32-17)26(2,31)16-34)21-12-13-23(22(14-21)27(28,29)30)35-15-18-8-10-20(11-9-18)19-6-4-3-5-7-19/h3-14,34H,15-16,31H2,1-2H3,(H,32,33)/t26-/m0/s1. The highest BCUT2D eigenvalue weighted by Gasteiger charge is 2.35. The maximum Gasteiger partial charge on any atom is 0.419 e. The highest BCUT2D eigenvalue weighted by molar-refractivity contribution is 5.65. The molecule has 0 aliphatic carbocycles. The molecule has 0 aliphatic rings. The predicted molar refractivity (Wildman–Crippen MR) is 129 cm³/mol. The number of nitrogens with two attached hydrogens (primary N) is 1. The van der Waals surface area contributed by atoms with Crippen LogP contribution in [0.3, 0.4) is 0 Å². The first-order valence-corrected chi connectivity index (χ1v) is 11.0. The summed E-state index contributed by atoms with van der Waals surface area (Å²) in [5.74, 6) is 0.0325. The van der Waals surface area contributed by atoms with Gasteiger partial charge in [-0.05, 0) is 48.7 Å². The number of halogens is 3. The van der Waals surface area contributed by atoms with E-state index >= 15 is 0 Å². The van der Waals surface area contributed by atoms with Gasteiger partial charge in [0.2, 0.25) is 0 Å². The van der Waals surface area contributed by atoms with E-state index < -0.39 is 17.3 Å². The molecule has 0 aliphatic heterocycles. The van der Waals surface area contributed by atoms with E-state index in [1.807, 2.05) is 54.6 Å². The predicted octanol–water partition coefficient (Wildman–Crippen LogP) is 5.82. The number of ether oxygens (including phenoxy) is 1. The summed E-state index contributed by atoms with van der Waals surface area (Å²) in [4.78, 5) is 7.26. The van der Waals surface area contributed by atoms with Crippen molar-refractivity contribution in [3.8, 4) is 28.1 Å². The molecule has 0 saturated heterocycles. The number of benzene rings is 3. The summed E-state index contributed by atoms with van der Waals surface area (Å²) < 4.78 is 47.3. The number of aliphatic hydroxyl groups is 1. The summed E-state index contributed by atoms with van der Waals surface area (Å²) in [6.07, 6.45) is -4.62. The molecule has 5 nitrogen and oxygen atoms in total. The number of alkyl halides is 3. The number of H-pyrrole nitrogens is 1. The molecule has 35 heavy (non-hydrogen) atoms. The van der Waals surface area contributed by atoms with Crippen molar-refractivity contribution in [2.45, 2.75) is 32.2 Å². The average molecular weight is 482 g/mol. The lowest BCUT2D eigenvalue weighted by atomic mass is 10.0. The zero-order valence-corrected chi connectivity index (χ0v) is 19.4. The van der Waals surface area contributed by atoms with Gasteiger partial charge >= 0.3 is 6.18 Å². The van der Waals surface area contributed by atoms with Crippen LogP contribution in [0.4, 0.5) is 13.2 Å². The van der Waals surface area contributed by atoms with Gasteiger partial charge in [0.25, 0.3) is 0 Å². The van der Waals surface area contributed by atoms with Crippen molar-refractivity contribution in [3.05, 3.63) is 95.4 Å². The zero-order valence-electron chi connectivity index (χ0n) is 19.4. The summed E-state index contributed by atoms with van der Waals surface area (Å²) in [6.45, 7) is 2.87. The molecule has 0 fully saturated rings. The summed E-state index contributed by atoms with van der Waals surface area (Å²) >= 11 is 0. The molecular weight excluding hydrogens is 455 g/mol. The topological polar surface area (TPSA) is 84.2 Å². The van der Waals surface area contributed by atoms with Gasteiger partial charge in [-0.1, -0.05) is 54.6 Å². The Bertz CT molecular complexity index is 1300. The summed E-state index contributed by atoms with van der Waals surface area (Å²) in [6, 6.07) is 21.2. The van der Waals surface area contributed by atoms with Crippen molar-refractivity contribution >= 4 is 0 Å². The Morgan fingerprint density at radius 2 is 1.57 bits per heavy atom. The number of aromatic nitrogens is 2. The fraction of sp³-hybridized carbons (Fsp3) is 0.222. The molecule has 8 heteroatoms. The van der Waals surface area contributed by atoms with Crippen LogP contribution in [0, 0.1) is 6.92 Å². The van der Waals surface area contributed by atoms with E-state index in [-0.39, 0.29) is 19.0 Å². The van der Waals surface area contributed by atoms with Gasteiger partial charge in [0, 0.05) is 5.56 Å². The fourth-order valence-electron chi connectivity index (χ4n) is 3.70. The second-order valence-corrected chi connectivity index (χ2v) is 8.68. The number of imidazole rings is 1. The van der Waals surface area contributed by atoms with Crippen LogP contribution in [0.2, 0.25) is 0 Å². The monoisotopic (exact) mass is 481 g/mol. The van der Waals surface area contributed by atoms with Crippen molar-refractivity contribution in [1.29, 1.82) is 0 Å². The molecule has 0 radical (unpaired) electrons. The van der Waals surface area contributed by atoms with Gasteiger partial charge in [-0.3, -0.25) is 0 Å². The molecule has 0 unspecified atom stereocenters. The first-order chi connectivity index (χ1) is 16.6. The van der Waals surface area contributed by atoms with Crippen molar-refractivity contribution in [3.63, 3.8) is 0 Å². The maximum atomic E-state index is 13.9. The Balaban J connectivity index is 1.58. The minimum atomic E-state index is -4.62. The van der Waals surface area contributed by atoms with Crippen LogP contribution < -0.4 is 10.5 Å². The third-order valence-electron chi connectivity index (χ3n) is 5.78. The van der Waals surface area contributed by atoms with E-state index in [1.54, 1.807) is 19.9 Å². The van der Waals surface area contributed by atoms with Gasteiger partial charge in [-0.25, -0.2) is 4.98 Å². The number of rotatable bonds is 7. The third kappa shape index (κ3) is 5.39. The van der Waals surface area contributed by atoms with Crippen molar-refractivity contribution in [1.82, 2.24) is 9.97 Å². The van der Waals surface area contributed by atoms with Crippen LogP contribution >= 0.6 is 0 Å². The van der Waals surface area contributed by atoms with Gasteiger partial charge in [0.1, 0.15) is 18.2 Å². The Morgan fingerprint density at radius 1 is 0.943 bits per heavy atom. The first-order valence-electron chi connectivity index (χ1n) is 11.0. The maximum absolute atomic E-state index is 13.9. The Labute approximate surface area is 201 Å². The number of aromatic amines is 1. The van der Waals surface area contributed by atoms with Gasteiger partial charge in [-0.2, -0.15) is 13.2 Å². The Hall–Kier alpha value is -3.62. The van der Waals surface area contributed by atoms with E-state index in [4.69, 9.17) is 10.5 Å². The first kappa shape index (κ1) is 24.5. The van der Waals surface area contributed by atoms with Gasteiger partial charge < -0.3 is 20.6 Å². The lowest BCUT2D eigenvalue weighted by Gasteiger charge is -2.18. The van der Waals surface area contributed by atoms with Crippen LogP contribution in [0.5, 0.6) is 5.75 Å². The molecule has 4 rings (SSSR count). The average Bonchev–Trinajstić information content (AvgIpc) is 3.25. The van der Waals surface area contributed by atoms with Crippen LogP contribution in [0.15, 0.2) is 72.8 Å². The van der Waals surface area contributed by atoms with Crippen LogP contribution in [-0.4, -0.2) is 21.7 Å². The molecule has 4 N–H and O–H groups in total. The van der Waals surface area contributed by atoms with E-state index in [0.717, 1.165) is 22.8 Å². The molecule has 0 saturated carbocycles. The number of nitrogens with zero attached hydrogens (tertiary/aromatic N) is 1. The van der Waals surface area contributed by atoms with Crippen molar-refractivity contribution < 1.29 is 23.0 Å². The number of nitrogens with one attached hydrogen (secondary N) is 1. The molecule has 1 aromatic heterocycles. The van der Waals surface area contributed by atoms with Gasteiger partial charge in [-0.15, -0.1) is 0 Å². The quantitative estimate of drug-likeness (QED) is 0.311. The fourth-order valence-corrected chi connectivity index (χ4v) is 3.70. The largest absolute Gasteiger partial charge is 0.488 e. The SMILES string of the molecule is Cc1nc([C@@](C)(N)CO)[nH]c1-c1ccc(OCc2ccc(-c3ccccc3)cc2)c(C(F)(F)F)c1. The van der Waals surface area contributed by atoms with Crippen LogP contribution in [0.25, 0.3) is 22.4 Å². The number of aryl methyl sites for hydroxylation is 1. The second-order valence-electron chi connectivity index (χ2n) is 8.68. The molecule has 3 aromatic carbocycles. The molecule has 1 atom stereocenters. The van der Waals surface area contributed by atoms with Crippen LogP contribution in [-0.2, 0) is 18.3 Å². The van der Waals surface area contributed by atoms with Crippen LogP contribution in [0.1, 0.15) is 29.6 Å². The highest BCUT2D eigenvalue weighted by Crippen LogP contribution is 2.39. The van der Waals surface area contributed by atoms with Gasteiger partial charge in [0.15, 0.2) is 0 Å². The van der Waals surface area contributed by atoms with E-state index in [2.05, 4.69) is 9.97 Å². The molecule has 0 bridgehead atoms. The molecule has 182 valence electrons. The number of hydrogen-bond acceptors (Lipinski definition) is 4. The van der Waals surface area contributed by atoms with Gasteiger partial charge in [0.05, 0.1) is 29.1 Å². The van der Waals surface area contributed by atoms with Crippen molar-refractivity contribution in [2.24, 2.45) is 5.73 Å². The highest BCUT2D eigenvalue weighted by atomic mass is 19.4. The lowest BCUT2D eigenvalue weighted by Crippen LogP contribution is -2.38. The van der Waals surface area contributed by atoms with Crippen molar-refractivity contribution in [2.75, 3.05) is 6.61 Å². The molecule has 1 heterocycles. The minimum Gasteiger partial charge on any atom is -0.488 e. The zero-order chi connectivity index (χ0) is 25.2. The molecule has 4 aromatic rings. The number of hydrogen-bond donors (Lipinski definition) is 3. The summed E-state index contributed by atoms with van der Waals surface area (Å²) in [5, 5.41) is 9.48. The lowest BCUT2D eigenvalue weighted by molar-refractivity contribution is -0.139. The molecule has 0 amide bonds. The van der Waals surface area contributed by atoms with E-state index in [9.17, 15) is 18.3 Å². The Morgan fingerprint density at radius 3 is 2.20 bits per heavy atom. The van der Waals surface area contributed by atoms with E-state index in [0.29, 0.717) is 22.8 Å². The smallest absolute Gasteiger partial charge is 0.419 e. The molecule has 0 spiro atoms. The Kier molecular flexibility index (Phi) is 6.69. The minimum absolute atomic E-state index is 0.00718. The second kappa shape index (κ2) is 9.56. The summed E-state index contributed by atoms with van der Waals surface area (Å²) in [7, 11) is 0. The number of aliphatic hydroxyl groups excluding tert-OH is 1. The normalized spacial score (nSPS) is 13.5. The van der Waals surface area contributed by atoms with E-state index in [1.165, 1.54) is 6.07 Å².